The summed E-state index contributed by atoms with van der Waals surface area (Å²) in [6, 6.07) is 14.1. The summed E-state index contributed by atoms with van der Waals surface area (Å²) < 4.78 is 26.4. The number of hydrogen-bond acceptors (Lipinski definition) is 3. The van der Waals surface area contributed by atoms with Gasteiger partial charge in [0.25, 0.3) is 0 Å². The van der Waals surface area contributed by atoms with Gasteiger partial charge in [-0.25, -0.2) is 8.42 Å². The molecular weight excluding hydrogens is 419 g/mol. The summed E-state index contributed by atoms with van der Waals surface area (Å²) in [6.07, 6.45) is 2.47. The number of hydrogen-bond donors (Lipinski definition) is 1. The zero-order valence-corrected chi connectivity index (χ0v) is 17.3. The maximum absolute atomic E-state index is 12.5. The molecule has 1 saturated heterocycles. The highest BCUT2D eigenvalue weighted by Gasteiger charge is 2.30. The van der Waals surface area contributed by atoms with Crippen LogP contribution < -0.4 is 5.32 Å². The van der Waals surface area contributed by atoms with E-state index in [2.05, 4.69) is 5.32 Å². The quantitative estimate of drug-likeness (QED) is 0.738. The molecule has 5 nitrogen and oxygen atoms in total. The topological polar surface area (TPSA) is 66.5 Å². The van der Waals surface area contributed by atoms with Gasteiger partial charge in [0.1, 0.15) is 0 Å². The van der Waals surface area contributed by atoms with Crippen molar-refractivity contribution < 1.29 is 13.2 Å². The molecule has 1 amide bonds. The molecular formula is C20H20Cl2N2O3S. The van der Waals surface area contributed by atoms with E-state index in [1.165, 1.54) is 9.71 Å². The first-order chi connectivity index (χ1) is 13.3. The van der Waals surface area contributed by atoms with E-state index in [0.29, 0.717) is 41.7 Å². The molecule has 1 heterocycles. The smallest absolute Gasteiger partial charge is 0.236 e. The van der Waals surface area contributed by atoms with Crippen molar-refractivity contribution in [2.75, 3.05) is 18.4 Å². The number of amides is 1. The lowest BCUT2D eigenvalue weighted by molar-refractivity contribution is -0.120. The zero-order chi connectivity index (χ0) is 20.1. The molecule has 0 saturated carbocycles. The SMILES string of the molecule is O=C(Nc1cc(Cl)ccc1Cl)C1CCN(S(=O)(=O)/C=C/c2ccccc2)CC1. The Kier molecular flexibility index (Phi) is 6.78. The minimum atomic E-state index is -3.52. The number of piperidine rings is 1. The molecule has 0 spiro atoms. The Bertz CT molecular complexity index is 970. The van der Waals surface area contributed by atoms with Crippen molar-refractivity contribution in [3.63, 3.8) is 0 Å². The number of carbonyl (C=O) groups excluding carboxylic acids is 1. The van der Waals surface area contributed by atoms with Crippen LogP contribution in [0.15, 0.2) is 53.9 Å². The second-order valence-corrected chi connectivity index (χ2v) is 9.21. The van der Waals surface area contributed by atoms with Gasteiger partial charge in [-0.05, 0) is 42.7 Å². The molecule has 1 fully saturated rings. The Morgan fingerprint density at radius 2 is 1.75 bits per heavy atom. The lowest BCUT2D eigenvalue weighted by Crippen LogP contribution is -2.40. The predicted octanol–water partition coefficient (Wildman–Crippen LogP) is 4.64. The van der Waals surface area contributed by atoms with Gasteiger partial charge in [-0.15, -0.1) is 0 Å². The third-order valence-electron chi connectivity index (χ3n) is 4.60. The predicted molar refractivity (Wildman–Crippen MR) is 114 cm³/mol. The van der Waals surface area contributed by atoms with Gasteiger partial charge in [-0.2, -0.15) is 4.31 Å². The third-order valence-corrected chi connectivity index (χ3v) is 6.73. The van der Waals surface area contributed by atoms with E-state index in [1.54, 1.807) is 24.3 Å². The Balaban J connectivity index is 1.58. The molecule has 0 aliphatic carbocycles. The Labute approximate surface area is 175 Å². The fourth-order valence-electron chi connectivity index (χ4n) is 3.02. The van der Waals surface area contributed by atoms with E-state index >= 15 is 0 Å². The summed E-state index contributed by atoms with van der Waals surface area (Å²) in [7, 11) is -3.52. The third kappa shape index (κ3) is 5.35. The zero-order valence-electron chi connectivity index (χ0n) is 15.0. The number of nitrogens with zero attached hydrogens (tertiary/aromatic N) is 1. The van der Waals surface area contributed by atoms with Crippen LogP contribution in [0.25, 0.3) is 6.08 Å². The number of anilines is 1. The van der Waals surface area contributed by atoms with Crippen molar-refractivity contribution in [2.45, 2.75) is 12.8 Å². The van der Waals surface area contributed by atoms with Gasteiger partial charge in [-0.1, -0.05) is 53.5 Å². The molecule has 1 N–H and O–H groups in total. The number of sulfonamides is 1. The average molecular weight is 439 g/mol. The van der Waals surface area contributed by atoms with Crippen LogP contribution in [0.1, 0.15) is 18.4 Å². The highest BCUT2D eigenvalue weighted by Crippen LogP contribution is 2.28. The standard InChI is InChI=1S/C20H20Cl2N2O3S/c21-17-6-7-18(22)19(14-17)23-20(25)16-8-11-24(12-9-16)28(26,27)13-10-15-4-2-1-3-5-15/h1-7,10,13-14,16H,8-9,11-12H2,(H,23,25)/b13-10+. The maximum Gasteiger partial charge on any atom is 0.236 e. The van der Waals surface area contributed by atoms with E-state index in [4.69, 9.17) is 23.2 Å². The largest absolute Gasteiger partial charge is 0.324 e. The lowest BCUT2D eigenvalue weighted by atomic mass is 9.97. The lowest BCUT2D eigenvalue weighted by Gasteiger charge is -2.29. The molecule has 0 aromatic heterocycles. The van der Waals surface area contributed by atoms with Crippen molar-refractivity contribution in [1.29, 1.82) is 0 Å². The van der Waals surface area contributed by atoms with Crippen molar-refractivity contribution in [2.24, 2.45) is 5.92 Å². The first kappa shape index (κ1) is 20.9. The fourth-order valence-corrected chi connectivity index (χ4v) is 4.57. The molecule has 2 aromatic carbocycles. The van der Waals surface area contributed by atoms with E-state index in [1.807, 2.05) is 30.3 Å². The molecule has 0 radical (unpaired) electrons. The van der Waals surface area contributed by atoms with Crippen LogP contribution in [0.3, 0.4) is 0 Å². The minimum Gasteiger partial charge on any atom is -0.324 e. The van der Waals surface area contributed by atoms with Crippen LogP contribution in [0.2, 0.25) is 10.0 Å². The number of benzene rings is 2. The van der Waals surface area contributed by atoms with Gasteiger partial charge in [0.05, 0.1) is 10.7 Å². The number of rotatable bonds is 5. The molecule has 148 valence electrons. The number of carbonyl (C=O) groups is 1. The Morgan fingerprint density at radius 1 is 1.07 bits per heavy atom. The second kappa shape index (κ2) is 9.09. The summed E-state index contributed by atoms with van der Waals surface area (Å²) >= 11 is 12.0. The van der Waals surface area contributed by atoms with Gasteiger partial charge < -0.3 is 5.32 Å². The first-order valence-electron chi connectivity index (χ1n) is 8.84. The fraction of sp³-hybridized carbons (Fsp3) is 0.250. The Hall–Kier alpha value is -1.86. The highest BCUT2D eigenvalue weighted by molar-refractivity contribution is 7.92. The Morgan fingerprint density at radius 3 is 2.43 bits per heavy atom. The number of nitrogens with one attached hydrogen (secondary N) is 1. The molecule has 28 heavy (non-hydrogen) atoms. The van der Waals surface area contributed by atoms with E-state index in [-0.39, 0.29) is 11.8 Å². The van der Waals surface area contributed by atoms with Crippen LogP contribution in [-0.4, -0.2) is 31.7 Å². The van der Waals surface area contributed by atoms with Crippen LogP contribution >= 0.6 is 23.2 Å². The van der Waals surface area contributed by atoms with Gasteiger partial charge in [0.15, 0.2) is 0 Å². The van der Waals surface area contributed by atoms with Crippen molar-refractivity contribution >= 4 is 50.9 Å². The van der Waals surface area contributed by atoms with Gasteiger partial charge in [-0.3, -0.25) is 4.79 Å². The van der Waals surface area contributed by atoms with Gasteiger partial charge >= 0.3 is 0 Å². The minimum absolute atomic E-state index is 0.180. The van der Waals surface area contributed by atoms with Crippen molar-refractivity contribution in [3.8, 4) is 0 Å². The molecule has 0 atom stereocenters. The molecule has 1 aliphatic rings. The summed E-state index contributed by atoms with van der Waals surface area (Å²) in [5.74, 6) is -0.458. The number of halogens is 2. The molecule has 2 aromatic rings. The summed E-state index contributed by atoms with van der Waals surface area (Å²) in [5, 5.41) is 4.88. The van der Waals surface area contributed by atoms with Crippen LogP contribution in [0.4, 0.5) is 5.69 Å². The normalized spacial score (nSPS) is 16.4. The van der Waals surface area contributed by atoms with Gasteiger partial charge in [0, 0.05) is 29.4 Å². The average Bonchev–Trinajstić information content (AvgIpc) is 2.70. The summed E-state index contributed by atoms with van der Waals surface area (Å²) in [4.78, 5) is 12.5. The van der Waals surface area contributed by atoms with E-state index < -0.39 is 10.0 Å². The summed E-state index contributed by atoms with van der Waals surface area (Å²) in [5.41, 5.74) is 1.28. The van der Waals surface area contributed by atoms with Crippen LogP contribution in [0.5, 0.6) is 0 Å². The molecule has 0 bridgehead atoms. The van der Waals surface area contributed by atoms with Crippen LogP contribution in [0, 0.1) is 5.92 Å². The monoisotopic (exact) mass is 438 g/mol. The molecule has 0 unspecified atom stereocenters. The molecule has 1 aliphatic heterocycles. The van der Waals surface area contributed by atoms with Gasteiger partial charge in [0.2, 0.25) is 15.9 Å². The first-order valence-corrected chi connectivity index (χ1v) is 11.1. The van der Waals surface area contributed by atoms with Crippen molar-refractivity contribution in [3.05, 3.63) is 69.5 Å². The molecule has 8 heteroatoms. The van der Waals surface area contributed by atoms with Crippen LogP contribution in [-0.2, 0) is 14.8 Å². The highest BCUT2D eigenvalue weighted by atomic mass is 35.5. The molecule has 3 rings (SSSR count). The second-order valence-electron chi connectivity index (χ2n) is 6.55. The van der Waals surface area contributed by atoms with E-state index in [0.717, 1.165) is 5.56 Å². The maximum atomic E-state index is 12.5. The summed E-state index contributed by atoms with van der Waals surface area (Å²) in [6.45, 7) is 0.589. The van der Waals surface area contributed by atoms with Crippen molar-refractivity contribution in [1.82, 2.24) is 4.31 Å². The van der Waals surface area contributed by atoms with E-state index in [9.17, 15) is 13.2 Å².